The molecule has 0 radical (unpaired) electrons. The summed E-state index contributed by atoms with van der Waals surface area (Å²) in [5.41, 5.74) is 1.45. The minimum absolute atomic E-state index is 0.0737. The maximum absolute atomic E-state index is 13.5. The predicted octanol–water partition coefficient (Wildman–Crippen LogP) is 3.80. The van der Waals surface area contributed by atoms with Crippen LogP contribution in [0.5, 0.6) is 5.75 Å². The second-order valence-electron chi connectivity index (χ2n) is 8.29. The maximum Gasteiger partial charge on any atom is 0.265 e. The van der Waals surface area contributed by atoms with Crippen LogP contribution in [0.3, 0.4) is 0 Å². The molecule has 0 spiro atoms. The van der Waals surface area contributed by atoms with E-state index in [9.17, 15) is 18.0 Å². The summed E-state index contributed by atoms with van der Waals surface area (Å²) in [6.07, 6.45) is 0.950. The molecule has 1 saturated heterocycles. The van der Waals surface area contributed by atoms with E-state index in [4.69, 9.17) is 16.3 Å². The van der Waals surface area contributed by atoms with Gasteiger partial charge in [-0.1, -0.05) is 30.7 Å². The van der Waals surface area contributed by atoms with Crippen LogP contribution in [0.25, 0.3) is 0 Å². The summed E-state index contributed by atoms with van der Waals surface area (Å²) in [4.78, 5) is 25.0. The summed E-state index contributed by atoms with van der Waals surface area (Å²) in [6.45, 7) is 3.90. The molecule has 2 aromatic rings. The van der Waals surface area contributed by atoms with Crippen molar-refractivity contribution >= 4 is 44.8 Å². The number of para-hydroxylation sites is 1. The molecule has 2 N–H and O–H groups in total. The molecule has 33 heavy (non-hydrogen) atoms. The topological polar surface area (TPSA) is 105 Å². The number of nitrogens with one attached hydrogen (secondary N) is 2. The number of nitrogens with zero attached hydrogens (tertiary/aromatic N) is 1. The fourth-order valence-corrected chi connectivity index (χ4v) is 6.07. The number of amides is 2. The fraction of sp³-hybridized carbons (Fsp3) is 0.391. The molecule has 0 saturated carbocycles. The van der Waals surface area contributed by atoms with Crippen molar-refractivity contribution in [3.8, 4) is 5.75 Å². The largest absolute Gasteiger partial charge is 0.478 e. The molecule has 0 unspecified atom stereocenters. The number of ether oxygens (including phenoxy) is 1. The predicted molar refractivity (Wildman–Crippen MR) is 126 cm³/mol. The number of carbonyl (C=O) groups is 2. The Balaban J connectivity index is 1.55. The summed E-state index contributed by atoms with van der Waals surface area (Å²) in [5.74, 6) is -0.677. The average Bonchev–Trinajstić information content (AvgIpc) is 2.79. The van der Waals surface area contributed by atoms with Crippen molar-refractivity contribution in [1.29, 1.82) is 0 Å². The molecule has 176 valence electrons. The third kappa shape index (κ3) is 4.71. The van der Waals surface area contributed by atoms with E-state index in [1.807, 2.05) is 6.92 Å². The summed E-state index contributed by atoms with van der Waals surface area (Å²) in [7, 11) is -3.88. The molecule has 2 aromatic carbocycles. The Morgan fingerprint density at radius 1 is 1.30 bits per heavy atom. The molecular formula is C23H26ClN3O5S. The first-order valence-corrected chi connectivity index (χ1v) is 12.7. The van der Waals surface area contributed by atoms with Crippen LogP contribution in [0, 0.1) is 12.8 Å². The highest BCUT2D eigenvalue weighted by atomic mass is 35.5. The average molecular weight is 492 g/mol. The van der Waals surface area contributed by atoms with Gasteiger partial charge >= 0.3 is 0 Å². The standard InChI is InChI=1S/C23H26ClN3O5S/c1-3-19-23(29)26-18-11-14(2)21(12-20(18)32-19)33(30,31)27-10-6-7-15(13-27)22(28)25-17-9-5-4-8-16(17)24/h4-5,8-9,11-12,15,19H,3,6-7,10,13H2,1-2H3,(H,25,28)(H,26,29)/t15-,19+/m0/s1. The third-order valence-electron chi connectivity index (χ3n) is 5.97. The quantitative estimate of drug-likeness (QED) is 0.662. The summed E-state index contributed by atoms with van der Waals surface area (Å²) in [5, 5.41) is 6.00. The molecule has 2 atom stereocenters. The van der Waals surface area contributed by atoms with Crippen LogP contribution in [-0.2, 0) is 19.6 Å². The smallest absolute Gasteiger partial charge is 0.265 e. The van der Waals surface area contributed by atoms with Crippen LogP contribution in [0.15, 0.2) is 41.3 Å². The molecule has 2 heterocycles. The Morgan fingerprint density at radius 3 is 2.79 bits per heavy atom. The molecule has 8 nitrogen and oxygen atoms in total. The number of aryl methyl sites for hydroxylation is 1. The number of fused-ring (bicyclic) bond motifs is 1. The number of hydrogen-bond acceptors (Lipinski definition) is 5. The van der Waals surface area contributed by atoms with Gasteiger partial charge in [0.15, 0.2) is 6.10 Å². The van der Waals surface area contributed by atoms with Gasteiger partial charge in [0, 0.05) is 19.2 Å². The number of halogens is 1. The van der Waals surface area contributed by atoms with E-state index in [0.29, 0.717) is 53.5 Å². The van der Waals surface area contributed by atoms with Crippen molar-refractivity contribution < 1.29 is 22.7 Å². The Bertz CT molecular complexity index is 1200. The van der Waals surface area contributed by atoms with Crippen molar-refractivity contribution in [2.75, 3.05) is 23.7 Å². The van der Waals surface area contributed by atoms with E-state index >= 15 is 0 Å². The zero-order valence-electron chi connectivity index (χ0n) is 18.4. The van der Waals surface area contributed by atoms with E-state index in [2.05, 4.69) is 10.6 Å². The highest BCUT2D eigenvalue weighted by molar-refractivity contribution is 7.89. The minimum atomic E-state index is -3.88. The van der Waals surface area contributed by atoms with Gasteiger partial charge < -0.3 is 15.4 Å². The molecule has 0 bridgehead atoms. The number of rotatable bonds is 5. The van der Waals surface area contributed by atoms with Gasteiger partial charge in [-0.2, -0.15) is 4.31 Å². The van der Waals surface area contributed by atoms with Crippen molar-refractivity contribution in [1.82, 2.24) is 4.31 Å². The van der Waals surface area contributed by atoms with Gasteiger partial charge in [0.05, 0.1) is 27.2 Å². The van der Waals surface area contributed by atoms with Gasteiger partial charge in [-0.3, -0.25) is 9.59 Å². The minimum Gasteiger partial charge on any atom is -0.478 e. The Hall–Kier alpha value is -2.62. The summed E-state index contributed by atoms with van der Waals surface area (Å²) < 4.78 is 34.1. The Morgan fingerprint density at radius 2 is 2.06 bits per heavy atom. The molecular weight excluding hydrogens is 466 g/mol. The lowest BCUT2D eigenvalue weighted by Crippen LogP contribution is -2.44. The molecule has 2 aliphatic rings. The van der Waals surface area contributed by atoms with E-state index in [1.54, 1.807) is 37.3 Å². The van der Waals surface area contributed by atoms with Gasteiger partial charge in [-0.25, -0.2) is 8.42 Å². The first kappa shape index (κ1) is 23.5. The number of carbonyl (C=O) groups excluding carboxylic acids is 2. The lowest BCUT2D eigenvalue weighted by molar-refractivity contribution is -0.123. The van der Waals surface area contributed by atoms with Crippen LogP contribution in [-0.4, -0.2) is 43.7 Å². The summed E-state index contributed by atoms with van der Waals surface area (Å²) >= 11 is 6.13. The molecule has 2 aliphatic heterocycles. The number of benzene rings is 2. The number of hydrogen-bond donors (Lipinski definition) is 2. The molecule has 10 heteroatoms. The zero-order chi connectivity index (χ0) is 23.8. The first-order valence-electron chi connectivity index (χ1n) is 10.9. The Labute approximate surface area is 198 Å². The van der Waals surface area contributed by atoms with Gasteiger partial charge in [0.1, 0.15) is 5.75 Å². The second kappa shape index (κ2) is 9.32. The van der Waals surface area contributed by atoms with Crippen molar-refractivity contribution in [3.63, 3.8) is 0 Å². The molecule has 1 fully saturated rings. The number of piperidine rings is 1. The van der Waals surface area contributed by atoms with Crippen LogP contribution < -0.4 is 15.4 Å². The molecule has 2 amide bonds. The highest BCUT2D eigenvalue weighted by Gasteiger charge is 2.36. The van der Waals surface area contributed by atoms with Gasteiger partial charge in [0.2, 0.25) is 15.9 Å². The lowest BCUT2D eigenvalue weighted by atomic mass is 9.99. The monoisotopic (exact) mass is 491 g/mol. The van der Waals surface area contributed by atoms with E-state index in [-0.39, 0.29) is 23.3 Å². The van der Waals surface area contributed by atoms with Crippen LogP contribution in [0.4, 0.5) is 11.4 Å². The molecule has 0 aliphatic carbocycles. The Kier molecular flexibility index (Phi) is 6.65. The SMILES string of the molecule is CC[C@H]1Oc2cc(S(=O)(=O)N3CCC[C@H](C(=O)Nc4ccccc4Cl)C3)c(C)cc2NC1=O. The van der Waals surface area contributed by atoms with Gasteiger partial charge in [0.25, 0.3) is 5.91 Å². The summed E-state index contributed by atoms with van der Waals surface area (Å²) in [6, 6.07) is 10.0. The van der Waals surface area contributed by atoms with E-state index in [0.717, 1.165) is 0 Å². The highest BCUT2D eigenvalue weighted by Crippen LogP contribution is 2.36. The van der Waals surface area contributed by atoms with E-state index in [1.165, 1.54) is 10.4 Å². The first-order chi connectivity index (χ1) is 15.7. The lowest BCUT2D eigenvalue weighted by Gasteiger charge is -2.32. The normalized spacial score (nSPS) is 21.0. The van der Waals surface area contributed by atoms with E-state index < -0.39 is 22.0 Å². The van der Waals surface area contributed by atoms with Crippen LogP contribution in [0.2, 0.25) is 5.02 Å². The van der Waals surface area contributed by atoms with Crippen molar-refractivity contribution in [2.24, 2.45) is 5.92 Å². The van der Waals surface area contributed by atoms with Gasteiger partial charge in [-0.15, -0.1) is 0 Å². The number of sulfonamides is 1. The maximum atomic E-state index is 13.5. The number of anilines is 2. The van der Waals surface area contributed by atoms with Crippen molar-refractivity contribution in [2.45, 2.75) is 44.1 Å². The molecule has 4 rings (SSSR count). The second-order valence-corrected chi connectivity index (χ2v) is 10.6. The third-order valence-corrected chi connectivity index (χ3v) is 8.31. The zero-order valence-corrected chi connectivity index (χ0v) is 20.0. The fourth-order valence-electron chi connectivity index (χ4n) is 4.14. The van der Waals surface area contributed by atoms with Crippen molar-refractivity contribution in [3.05, 3.63) is 47.0 Å². The van der Waals surface area contributed by atoms with Crippen LogP contribution in [0.1, 0.15) is 31.7 Å². The van der Waals surface area contributed by atoms with Gasteiger partial charge in [-0.05, 0) is 49.9 Å². The van der Waals surface area contributed by atoms with Crippen LogP contribution >= 0.6 is 11.6 Å². The molecule has 0 aromatic heterocycles.